The predicted octanol–water partition coefficient (Wildman–Crippen LogP) is -7.13. The van der Waals surface area contributed by atoms with Crippen LogP contribution >= 0.6 is 12.6 Å². The Bertz CT molecular complexity index is 2090. The highest BCUT2D eigenvalue weighted by Gasteiger charge is 2.35. The third kappa shape index (κ3) is 23.1. The number of nitrogens with two attached hydrogens (primary N) is 3. The van der Waals surface area contributed by atoms with Gasteiger partial charge in [0.15, 0.2) is 5.96 Å². The highest BCUT2D eigenvalue weighted by molar-refractivity contribution is 7.80. The zero-order chi connectivity index (χ0) is 54.8. The third-order valence-corrected chi connectivity index (χ3v) is 10.8. The van der Waals surface area contributed by atoms with E-state index in [1.54, 1.807) is 26.0 Å². The van der Waals surface area contributed by atoms with E-state index >= 15 is 0 Å². The summed E-state index contributed by atoms with van der Waals surface area (Å²) in [7, 11) is 0. The Morgan fingerprint density at radius 1 is 0.667 bits per heavy atom. The number of hydrogen-bond donors (Lipinski definition) is 18. The van der Waals surface area contributed by atoms with Gasteiger partial charge >= 0.3 is 11.9 Å². The first-order chi connectivity index (χ1) is 33.7. The van der Waals surface area contributed by atoms with Crippen molar-refractivity contribution in [3.05, 3.63) is 29.8 Å². The molecule has 0 bridgehead atoms. The average molecular weight is 1040 g/mol. The summed E-state index contributed by atoms with van der Waals surface area (Å²) in [5, 5.41) is 68.0. The quantitative estimate of drug-likeness (QED) is 0.0138. The molecule has 0 heterocycles. The van der Waals surface area contributed by atoms with Crippen molar-refractivity contribution in [3.63, 3.8) is 0 Å². The van der Waals surface area contributed by atoms with Crippen LogP contribution in [0.25, 0.3) is 0 Å². The number of carboxylic acid groups (broad SMARTS) is 2. The molecule has 1 aromatic carbocycles. The van der Waals surface area contributed by atoms with Crippen LogP contribution in [-0.4, -0.2) is 183 Å². The lowest BCUT2D eigenvalue weighted by Crippen LogP contribution is -2.61. The molecule has 0 aliphatic rings. The third-order valence-electron chi connectivity index (χ3n) is 10.4. The first-order valence-corrected chi connectivity index (χ1v) is 23.0. The minimum atomic E-state index is -1.85. The number of aliphatic hydroxyl groups excluding tert-OH is 2. The summed E-state index contributed by atoms with van der Waals surface area (Å²) >= 11 is 4.05. The number of hydrogen-bond acceptors (Lipinski definition) is 17. The van der Waals surface area contributed by atoms with E-state index in [1.165, 1.54) is 19.1 Å². The normalized spacial score (nSPS) is 15.0. The number of carbonyl (C=O) groups excluding carboxylic acids is 9. The van der Waals surface area contributed by atoms with Crippen LogP contribution in [0.3, 0.4) is 0 Å². The molecule has 1 rings (SSSR count). The van der Waals surface area contributed by atoms with Gasteiger partial charge in [-0.25, -0.2) is 4.79 Å². The molecule has 402 valence electrons. The van der Waals surface area contributed by atoms with Crippen LogP contribution in [0.4, 0.5) is 0 Å². The SMILES string of the molecule is CC[C@H](C)[C@H](NC(=O)CNC(=O)[C@H](CS)NC(=O)[C@H](CC(=O)O)NC(=O)[C@H](C)NC(=O)[C@H](CCCN=C(N)N)NC(=O)CNC(=O)[C@@H](N)Cc1ccc(O)cc1)C(=O)N[C@H](C(=O)N[C@@H](CO)C(=O)O)[C@@H](C)O. The van der Waals surface area contributed by atoms with Crippen molar-refractivity contribution in [2.45, 2.75) is 114 Å². The smallest absolute Gasteiger partial charge is 0.328 e. The van der Waals surface area contributed by atoms with Gasteiger partial charge in [-0.05, 0) is 56.7 Å². The molecule has 0 aliphatic carbocycles. The summed E-state index contributed by atoms with van der Waals surface area (Å²) in [6.45, 7) is 3.15. The molecule has 0 fully saturated rings. The van der Waals surface area contributed by atoms with Gasteiger partial charge in [-0.3, -0.25) is 52.9 Å². The molecule has 9 amide bonds. The Hall–Kier alpha value is -7.31. The van der Waals surface area contributed by atoms with Gasteiger partial charge in [0.05, 0.1) is 38.3 Å². The minimum Gasteiger partial charge on any atom is -0.508 e. The molecule has 29 nitrogen and oxygen atoms in total. The number of aliphatic hydroxyl groups is 2. The number of nitrogens with zero attached hydrogens (tertiary/aromatic N) is 1. The number of aliphatic imine (C=N–C) groups is 1. The van der Waals surface area contributed by atoms with E-state index in [0.29, 0.717) is 12.0 Å². The molecule has 72 heavy (non-hydrogen) atoms. The number of aliphatic carboxylic acids is 2. The van der Waals surface area contributed by atoms with Crippen molar-refractivity contribution < 1.29 is 78.3 Å². The summed E-state index contributed by atoms with van der Waals surface area (Å²) in [5.41, 5.74) is 17.3. The van der Waals surface area contributed by atoms with E-state index in [1.807, 2.05) is 5.32 Å². The van der Waals surface area contributed by atoms with Crippen molar-refractivity contribution in [2.24, 2.45) is 28.1 Å². The molecular formula is C42H67N13O16S. The van der Waals surface area contributed by atoms with Gasteiger partial charge in [0.2, 0.25) is 53.2 Å². The fraction of sp³-hybridized carbons (Fsp3) is 0.571. The molecule has 0 saturated carbocycles. The highest BCUT2D eigenvalue weighted by Crippen LogP contribution is 2.12. The summed E-state index contributed by atoms with van der Waals surface area (Å²) in [6, 6.07) is -6.20. The maximum absolute atomic E-state index is 13.4. The van der Waals surface area contributed by atoms with Crippen LogP contribution in [0.1, 0.15) is 58.9 Å². The van der Waals surface area contributed by atoms with Crippen LogP contribution in [0.15, 0.2) is 29.3 Å². The second-order valence-electron chi connectivity index (χ2n) is 16.4. The standard InChI is InChI=1S/C42H67N13O16S/c1-5-19(2)32(39(68)55-33(21(4)57)40(69)52-27(17-56)41(70)71)54-30(60)16-48-36(65)28(18-72)53-38(67)26(14-31(61)62)51-34(63)20(3)49-37(66)25(7-6-12-46-42(44)45)50-29(59)15-47-35(64)24(43)13-22-8-10-23(58)11-9-22/h8-11,19-21,24-28,32-33,56-58,72H,5-7,12-18,43H2,1-4H3,(H,47,64)(H,48,65)(H,49,66)(H,50,59)(H,51,63)(H,52,69)(H,53,67)(H,54,60)(H,55,68)(H,61,62)(H,70,71)(H4,44,45,46)/t19-,20-,21+,24-,25-,26-,27-,28-,32-,33-/m0/s1. The van der Waals surface area contributed by atoms with E-state index in [-0.39, 0.29) is 37.5 Å². The number of rotatable bonds is 32. The molecule has 30 heteroatoms. The Morgan fingerprint density at radius 3 is 1.74 bits per heavy atom. The molecular weight excluding hydrogens is 975 g/mol. The maximum Gasteiger partial charge on any atom is 0.328 e. The number of phenolic OH excluding ortho intramolecular Hbond substituents is 1. The molecule has 0 radical (unpaired) electrons. The number of thiol groups is 1. The van der Waals surface area contributed by atoms with E-state index in [2.05, 4.69) is 60.2 Å². The van der Waals surface area contributed by atoms with Gasteiger partial charge in [-0.1, -0.05) is 32.4 Å². The molecule has 0 spiro atoms. The van der Waals surface area contributed by atoms with Gasteiger partial charge in [0.25, 0.3) is 0 Å². The second kappa shape index (κ2) is 31.8. The van der Waals surface area contributed by atoms with Gasteiger partial charge in [0, 0.05) is 12.3 Å². The van der Waals surface area contributed by atoms with Crippen molar-refractivity contribution in [1.29, 1.82) is 0 Å². The number of amides is 9. The Morgan fingerprint density at radius 2 is 1.21 bits per heavy atom. The van der Waals surface area contributed by atoms with Gasteiger partial charge < -0.3 is 90.6 Å². The molecule has 0 saturated heterocycles. The number of benzene rings is 1. The molecule has 1 aromatic rings. The van der Waals surface area contributed by atoms with Crippen LogP contribution in [0.5, 0.6) is 5.75 Å². The number of aromatic hydroxyl groups is 1. The lowest BCUT2D eigenvalue weighted by Gasteiger charge is -2.28. The fourth-order valence-electron chi connectivity index (χ4n) is 6.13. The lowest BCUT2D eigenvalue weighted by molar-refractivity contribution is -0.144. The molecule has 0 aliphatic heterocycles. The predicted molar refractivity (Wildman–Crippen MR) is 257 cm³/mol. The summed E-state index contributed by atoms with van der Waals surface area (Å²) in [6.07, 6.45) is -2.17. The van der Waals surface area contributed by atoms with Crippen molar-refractivity contribution in [1.82, 2.24) is 47.9 Å². The van der Waals surface area contributed by atoms with Crippen molar-refractivity contribution >= 4 is 83.7 Å². The Labute approximate surface area is 418 Å². The van der Waals surface area contributed by atoms with Crippen LogP contribution in [0, 0.1) is 5.92 Å². The highest BCUT2D eigenvalue weighted by atomic mass is 32.1. The van der Waals surface area contributed by atoms with E-state index < -0.39 is 157 Å². The number of carboxylic acids is 2. The Balaban J connectivity index is 3.01. The zero-order valence-corrected chi connectivity index (χ0v) is 40.9. The molecule has 0 unspecified atom stereocenters. The number of carbonyl (C=O) groups is 11. The average Bonchev–Trinajstić information content (AvgIpc) is 3.31. The van der Waals surface area contributed by atoms with Crippen molar-refractivity contribution in [3.8, 4) is 5.75 Å². The largest absolute Gasteiger partial charge is 0.508 e. The number of nitrogens with one attached hydrogen (secondary N) is 9. The molecule has 10 atom stereocenters. The first-order valence-electron chi connectivity index (χ1n) is 22.3. The van der Waals surface area contributed by atoms with Crippen LogP contribution in [0.2, 0.25) is 0 Å². The monoisotopic (exact) mass is 1040 g/mol. The maximum atomic E-state index is 13.4. The van der Waals surface area contributed by atoms with Crippen molar-refractivity contribution in [2.75, 3.05) is 32.0 Å². The molecule has 20 N–H and O–H groups in total. The van der Waals surface area contributed by atoms with Gasteiger partial charge in [0.1, 0.15) is 48.0 Å². The zero-order valence-electron chi connectivity index (χ0n) is 40.0. The minimum absolute atomic E-state index is 0.0123. The van der Waals surface area contributed by atoms with Crippen LogP contribution < -0.4 is 65.1 Å². The van der Waals surface area contributed by atoms with Gasteiger partial charge in [-0.2, -0.15) is 12.6 Å². The van der Waals surface area contributed by atoms with Gasteiger partial charge in [-0.15, -0.1) is 0 Å². The number of guanidine groups is 1. The van der Waals surface area contributed by atoms with E-state index in [4.69, 9.17) is 22.3 Å². The topological polar surface area (TPSA) is 488 Å². The first kappa shape index (κ1) is 62.7. The molecule has 0 aromatic heterocycles. The van der Waals surface area contributed by atoms with Crippen LogP contribution in [-0.2, 0) is 59.2 Å². The summed E-state index contributed by atoms with van der Waals surface area (Å²) < 4.78 is 0. The Kier molecular flexibility index (Phi) is 27.7. The second-order valence-corrected chi connectivity index (χ2v) is 16.7. The fourth-order valence-corrected chi connectivity index (χ4v) is 6.39. The summed E-state index contributed by atoms with van der Waals surface area (Å²) in [4.78, 5) is 145. The lowest BCUT2D eigenvalue weighted by atomic mass is 9.97. The van der Waals surface area contributed by atoms with E-state index in [0.717, 1.165) is 6.92 Å². The van der Waals surface area contributed by atoms with E-state index in [9.17, 15) is 73.2 Å². The summed E-state index contributed by atoms with van der Waals surface area (Å²) in [5.74, 6) is -13.3. The number of phenols is 1.